The zero-order chi connectivity index (χ0) is 19.8. The summed E-state index contributed by atoms with van der Waals surface area (Å²) >= 11 is 7.51. The molecule has 2 aromatic rings. The minimum Gasteiger partial charge on any atom is -0.497 e. The number of halogens is 1. The minimum atomic E-state index is -0.218. The van der Waals surface area contributed by atoms with Gasteiger partial charge in [0.2, 0.25) is 5.91 Å². The monoisotopic (exact) mass is 408 g/mol. The molecule has 27 heavy (non-hydrogen) atoms. The van der Waals surface area contributed by atoms with E-state index in [2.05, 4.69) is 11.9 Å². The van der Waals surface area contributed by atoms with Gasteiger partial charge in [0.1, 0.15) is 11.5 Å². The molecule has 5 nitrogen and oxygen atoms in total. The Morgan fingerprint density at radius 1 is 1.33 bits per heavy atom. The number of nitrogens with one attached hydrogen (secondary N) is 1. The quantitative estimate of drug-likeness (QED) is 0.596. The first-order valence-corrected chi connectivity index (χ1v) is 9.75. The fourth-order valence-electron chi connectivity index (χ4n) is 2.77. The van der Waals surface area contributed by atoms with Crippen molar-refractivity contribution in [3.05, 3.63) is 57.8 Å². The van der Waals surface area contributed by atoms with Crippen LogP contribution in [0.1, 0.15) is 23.4 Å². The van der Waals surface area contributed by atoms with E-state index in [4.69, 9.17) is 21.1 Å². The Balaban J connectivity index is 2.02. The van der Waals surface area contributed by atoms with Crippen LogP contribution in [0.3, 0.4) is 0 Å². The minimum absolute atomic E-state index is 0.0723. The molecule has 0 saturated carbocycles. The third-order valence-corrected chi connectivity index (χ3v) is 5.26. The summed E-state index contributed by atoms with van der Waals surface area (Å²) in [6.45, 7) is 7.22. The first-order valence-electron chi connectivity index (χ1n) is 8.55. The maximum Gasteiger partial charge on any atom is 0.234 e. The molecule has 0 radical (unpaired) electrons. The summed E-state index contributed by atoms with van der Waals surface area (Å²) in [7, 11) is 3.22. The van der Waals surface area contributed by atoms with Gasteiger partial charge in [-0.3, -0.25) is 9.69 Å². The van der Waals surface area contributed by atoms with Crippen LogP contribution in [-0.2, 0) is 11.3 Å². The predicted molar refractivity (Wildman–Crippen MR) is 111 cm³/mol. The van der Waals surface area contributed by atoms with E-state index in [-0.39, 0.29) is 18.5 Å². The predicted octanol–water partition coefficient (Wildman–Crippen LogP) is 4.28. The Labute approximate surface area is 169 Å². The number of ether oxygens (including phenoxy) is 2. The number of hydrogen-bond acceptors (Lipinski definition) is 5. The van der Waals surface area contributed by atoms with Gasteiger partial charge in [0.05, 0.1) is 31.1 Å². The van der Waals surface area contributed by atoms with Crippen LogP contribution in [0.5, 0.6) is 11.5 Å². The lowest BCUT2D eigenvalue weighted by Crippen LogP contribution is -2.38. The number of nitrogens with zero attached hydrogens (tertiary/aromatic N) is 1. The topological polar surface area (TPSA) is 50.8 Å². The number of benzene rings is 1. The van der Waals surface area contributed by atoms with Crippen molar-refractivity contribution in [3.8, 4) is 11.5 Å². The van der Waals surface area contributed by atoms with Gasteiger partial charge in [-0.1, -0.05) is 17.7 Å². The highest BCUT2D eigenvalue weighted by molar-refractivity contribution is 7.16. The van der Waals surface area contributed by atoms with Gasteiger partial charge in [-0.15, -0.1) is 17.9 Å². The summed E-state index contributed by atoms with van der Waals surface area (Å²) in [5, 5.41) is 3.03. The number of methoxy groups -OCH3 is 2. The van der Waals surface area contributed by atoms with Crippen molar-refractivity contribution < 1.29 is 14.3 Å². The summed E-state index contributed by atoms with van der Waals surface area (Å²) in [5.41, 5.74) is 0.866. The van der Waals surface area contributed by atoms with Crippen LogP contribution < -0.4 is 14.8 Å². The van der Waals surface area contributed by atoms with Crippen molar-refractivity contribution in [2.24, 2.45) is 0 Å². The van der Waals surface area contributed by atoms with Crippen molar-refractivity contribution in [2.75, 3.05) is 27.3 Å². The maximum absolute atomic E-state index is 12.6. The third-order valence-electron chi connectivity index (χ3n) is 4.04. The van der Waals surface area contributed by atoms with E-state index >= 15 is 0 Å². The van der Waals surface area contributed by atoms with E-state index in [0.717, 1.165) is 20.5 Å². The second-order valence-electron chi connectivity index (χ2n) is 6.06. The Kier molecular flexibility index (Phi) is 8.16. The normalized spacial score (nSPS) is 11.9. The largest absolute Gasteiger partial charge is 0.497 e. The molecule has 0 aliphatic heterocycles. The van der Waals surface area contributed by atoms with Crippen LogP contribution in [0.2, 0.25) is 4.34 Å². The van der Waals surface area contributed by atoms with E-state index in [0.29, 0.717) is 18.8 Å². The summed E-state index contributed by atoms with van der Waals surface area (Å²) in [6.07, 6.45) is 1.79. The van der Waals surface area contributed by atoms with Gasteiger partial charge < -0.3 is 14.8 Å². The molecule has 0 aliphatic rings. The summed E-state index contributed by atoms with van der Waals surface area (Å²) < 4.78 is 11.4. The third kappa shape index (κ3) is 6.27. The SMILES string of the molecule is C=CCN(CC(=O)NC(C)c1cc(OC)ccc1OC)Cc1ccc(Cl)s1. The van der Waals surface area contributed by atoms with Crippen LogP contribution in [0.4, 0.5) is 0 Å². The molecule has 0 fully saturated rings. The second-order valence-corrected chi connectivity index (χ2v) is 7.86. The summed E-state index contributed by atoms with van der Waals surface area (Å²) in [4.78, 5) is 15.7. The Morgan fingerprint density at radius 2 is 2.11 bits per heavy atom. The summed E-state index contributed by atoms with van der Waals surface area (Å²) in [6, 6.07) is 9.16. The molecule has 1 N–H and O–H groups in total. The van der Waals surface area contributed by atoms with E-state index in [1.165, 1.54) is 11.3 Å². The van der Waals surface area contributed by atoms with E-state index in [1.807, 2.05) is 42.2 Å². The lowest BCUT2D eigenvalue weighted by Gasteiger charge is -2.22. The van der Waals surface area contributed by atoms with E-state index in [1.54, 1.807) is 20.3 Å². The second kappa shape index (κ2) is 10.3. The fourth-order valence-corrected chi connectivity index (χ4v) is 3.90. The zero-order valence-corrected chi connectivity index (χ0v) is 17.4. The molecule has 1 atom stereocenters. The lowest BCUT2D eigenvalue weighted by atomic mass is 10.1. The number of thiophene rings is 1. The van der Waals surface area contributed by atoms with Crippen LogP contribution in [0, 0.1) is 0 Å². The van der Waals surface area contributed by atoms with Crippen LogP contribution in [0.15, 0.2) is 43.0 Å². The molecule has 1 amide bonds. The Morgan fingerprint density at radius 3 is 2.70 bits per heavy atom. The highest BCUT2D eigenvalue weighted by Crippen LogP contribution is 2.29. The smallest absolute Gasteiger partial charge is 0.234 e. The van der Waals surface area contributed by atoms with Crippen molar-refractivity contribution in [2.45, 2.75) is 19.5 Å². The molecule has 0 spiro atoms. The number of carbonyl (C=O) groups is 1. The molecule has 1 heterocycles. The first kappa shape index (κ1) is 21.3. The molecule has 0 aliphatic carbocycles. The van der Waals surface area contributed by atoms with Gasteiger partial charge in [0, 0.05) is 23.5 Å². The van der Waals surface area contributed by atoms with Gasteiger partial charge in [-0.05, 0) is 37.3 Å². The van der Waals surface area contributed by atoms with E-state index < -0.39 is 0 Å². The van der Waals surface area contributed by atoms with Crippen molar-refractivity contribution in [1.82, 2.24) is 10.2 Å². The molecule has 1 aromatic heterocycles. The van der Waals surface area contributed by atoms with Gasteiger partial charge >= 0.3 is 0 Å². The molecule has 2 rings (SSSR count). The highest BCUT2D eigenvalue weighted by Gasteiger charge is 2.17. The van der Waals surface area contributed by atoms with Crippen molar-refractivity contribution >= 4 is 28.8 Å². The van der Waals surface area contributed by atoms with Gasteiger partial charge in [0.25, 0.3) is 0 Å². The van der Waals surface area contributed by atoms with Gasteiger partial charge in [0.15, 0.2) is 0 Å². The van der Waals surface area contributed by atoms with Gasteiger partial charge in [-0.25, -0.2) is 0 Å². The fraction of sp³-hybridized carbons (Fsp3) is 0.350. The molecule has 1 unspecified atom stereocenters. The van der Waals surface area contributed by atoms with Crippen LogP contribution >= 0.6 is 22.9 Å². The molecule has 1 aromatic carbocycles. The molecule has 146 valence electrons. The number of carbonyl (C=O) groups excluding carboxylic acids is 1. The number of rotatable bonds is 10. The standard InChI is InChI=1S/C20H25ClN2O3S/c1-5-10-23(12-16-7-9-19(21)27-16)13-20(24)22-14(2)17-11-15(25-3)6-8-18(17)26-4/h5-9,11,14H,1,10,12-13H2,2-4H3,(H,22,24). The Hall–Kier alpha value is -2.02. The lowest BCUT2D eigenvalue weighted by molar-refractivity contribution is -0.122. The molecule has 0 saturated heterocycles. The average Bonchev–Trinajstić information content (AvgIpc) is 3.05. The molecular weight excluding hydrogens is 384 g/mol. The Bertz CT molecular complexity index is 778. The van der Waals surface area contributed by atoms with Gasteiger partial charge in [-0.2, -0.15) is 0 Å². The molecule has 7 heteroatoms. The summed E-state index contributed by atoms with van der Waals surface area (Å²) in [5.74, 6) is 1.35. The van der Waals surface area contributed by atoms with Crippen LogP contribution in [-0.4, -0.2) is 38.1 Å². The number of hydrogen-bond donors (Lipinski definition) is 1. The number of amides is 1. The van der Waals surface area contributed by atoms with Crippen molar-refractivity contribution in [3.63, 3.8) is 0 Å². The van der Waals surface area contributed by atoms with Crippen molar-refractivity contribution in [1.29, 1.82) is 0 Å². The zero-order valence-electron chi connectivity index (χ0n) is 15.8. The molecule has 0 bridgehead atoms. The van der Waals surface area contributed by atoms with Crippen LogP contribution in [0.25, 0.3) is 0 Å². The maximum atomic E-state index is 12.6. The first-order chi connectivity index (χ1) is 13.0. The molecular formula is C20H25ClN2O3S. The van der Waals surface area contributed by atoms with E-state index in [9.17, 15) is 4.79 Å². The average molecular weight is 409 g/mol. The highest BCUT2D eigenvalue weighted by atomic mass is 35.5.